The second kappa shape index (κ2) is 10.4. The Hall–Kier alpha value is -2.62. The molecule has 0 spiro atoms. The van der Waals surface area contributed by atoms with Gasteiger partial charge in [0.25, 0.3) is 0 Å². The SMILES string of the molecule is CN=CC(C)=C(NNC1=CC=CCC=C1)/C(C)=C/C(C=O)=C/C1CCC1. The summed E-state index contributed by atoms with van der Waals surface area (Å²) in [5.41, 5.74) is 11.1. The van der Waals surface area contributed by atoms with Crippen molar-refractivity contribution in [2.45, 2.75) is 39.5 Å². The molecule has 0 aromatic heterocycles. The number of hydrazine groups is 1. The van der Waals surface area contributed by atoms with Crippen LogP contribution in [0.25, 0.3) is 0 Å². The quantitative estimate of drug-likeness (QED) is 0.225. The van der Waals surface area contributed by atoms with Crippen LogP contribution in [0.4, 0.5) is 0 Å². The van der Waals surface area contributed by atoms with Gasteiger partial charge in [0, 0.05) is 18.8 Å². The molecule has 0 aromatic carbocycles. The van der Waals surface area contributed by atoms with Crippen molar-refractivity contribution >= 4 is 12.5 Å². The highest BCUT2D eigenvalue weighted by atomic mass is 16.1. The van der Waals surface area contributed by atoms with E-state index < -0.39 is 0 Å². The maximum atomic E-state index is 11.5. The van der Waals surface area contributed by atoms with E-state index in [1.807, 2.05) is 44.4 Å². The summed E-state index contributed by atoms with van der Waals surface area (Å²) in [5, 5.41) is 0. The zero-order valence-electron chi connectivity index (χ0n) is 16.0. The van der Waals surface area contributed by atoms with Crippen LogP contribution in [-0.2, 0) is 4.79 Å². The van der Waals surface area contributed by atoms with Gasteiger partial charge in [-0.25, -0.2) is 0 Å². The lowest BCUT2D eigenvalue weighted by atomic mass is 9.84. The summed E-state index contributed by atoms with van der Waals surface area (Å²) in [7, 11) is 1.75. The first-order valence-electron chi connectivity index (χ1n) is 9.18. The van der Waals surface area contributed by atoms with Crippen LogP contribution in [0, 0.1) is 5.92 Å². The molecule has 2 aliphatic rings. The Morgan fingerprint density at radius 2 is 2.08 bits per heavy atom. The molecule has 0 aliphatic heterocycles. The summed E-state index contributed by atoms with van der Waals surface area (Å²) >= 11 is 0. The Bertz CT molecular complexity index is 714. The molecular formula is C22H29N3O. The fraction of sp³-hybridized carbons (Fsp3) is 0.364. The molecule has 2 rings (SSSR count). The number of rotatable bonds is 8. The predicted molar refractivity (Wildman–Crippen MR) is 110 cm³/mol. The van der Waals surface area contributed by atoms with Crippen molar-refractivity contribution in [1.82, 2.24) is 10.9 Å². The normalized spacial score (nSPS) is 19.6. The fourth-order valence-corrected chi connectivity index (χ4v) is 2.89. The number of carbonyl (C=O) groups is 1. The topological polar surface area (TPSA) is 53.5 Å². The van der Waals surface area contributed by atoms with Crippen molar-refractivity contribution < 1.29 is 4.79 Å². The number of hydrogen-bond donors (Lipinski definition) is 2. The minimum Gasteiger partial charge on any atom is -0.301 e. The molecule has 138 valence electrons. The second-order valence-corrected chi connectivity index (χ2v) is 6.69. The first-order chi connectivity index (χ1) is 12.6. The fourth-order valence-electron chi connectivity index (χ4n) is 2.89. The predicted octanol–water partition coefficient (Wildman–Crippen LogP) is 4.33. The van der Waals surface area contributed by atoms with Crippen LogP contribution < -0.4 is 10.9 Å². The molecule has 0 saturated heterocycles. The smallest absolute Gasteiger partial charge is 0.149 e. The van der Waals surface area contributed by atoms with Crippen molar-refractivity contribution in [3.8, 4) is 0 Å². The third-order valence-electron chi connectivity index (χ3n) is 4.52. The van der Waals surface area contributed by atoms with Crippen molar-refractivity contribution in [3.05, 3.63) is 70.6 Å². The van der Waals surface area contributed by atoms with Gasteiger partial charge in [0.1, 0.15) is 6.29 Å². The minimum absolute atomic E-state index is 0.545. The molecule has 0 radical (unpaired) electrons. The molecule has 0 amide bonds. The molecule has 26 heavy (non-hydrogen) atoms. The van der Waals surface area contributed by atoms with E-state index in [1.54, 1.807) is 7.05 Å². The third kappa shape index (κ3) is 6.03. The van der Waals surface area contributed by atoms with E-state index >= 15 is 0 Å². The highest BCUT2D eigenvalue weighted by molar-refractivity contribution is 5.81. The average molecular weight is 351 g/mol. The summed E-state index contributed by atoms with van der Waals surface area (Å²) in [5.74, 6) is 0.545. The summed E-state index contributed by atoms with van der Waals surface area (Å²) in [6.07, 6.45) is 21.6. The molecule has 0 unspecified atom stereocenters. The number of aliphatic imine (C=N–C) groups is 1. The van der Waals surface area contributed by atoms with Crippen molar-refractivity contribution in [3.63, 3.8) is 0 Å². The van der Waals surface area contributed by atoms with Gasteiger partial charge in [-0.3, -0.25) is 9.79 Å². The Morgan fingerprint density at radius 3 is 2.73 bits per heavy atom. The highest BCUT2D eigenvalue weighted by Crippen LogP contribution is 2.28. The largest absolute Gasteiger partial charge is 0.301 e. The second-order valence-electron chi connectivity index (χ2n) is 6.69. The standard InChI is InChI=1S/C22H29N3O/c1-17(13-20(16-26)14-19-9-8-10-19)22(18(2)15-23-3)25-24-21-11-6-4-5-7-12-21/h4,6-7,11-16,19,24-25H,5,8-10H2,1-3H3/b17-13+,20-14-,22-18?,23-15?. The summed E-state index contributed by atoms with van der Waals surface area (Å²) in [6.45, 7) is 4.01. The lowest BCUT2D eigenvalue weighted by Crippen LogP contribution is -2.31. The number of allylic oxidation sites excluding steroid dienone is 10. The molecule has 1 fully saturated rings. The van der Waals surface area contributed by atoms with Gasteiger partial charge in [0.2, 0.25) is 0 Å². The Balaban J connectivity index is 2.20. The van der Waals surface area contributed by atoms with Crippen molar-refractivity contribution in [2.24, 2.45) is 10.9 Å². The van der Waals surface area contributed by atoms with Crippen LogP contribution in [0.1, 0.15) is 39.5 Å². The lowest BCUT2D eigenvalue weighted by molar-refractivity contribution is -0.104. The Labute approximate surface area is 156 Å². The number of nitrogens with one attached hydrogen (secondary N) is 2. The first-order valence-corrected chi connectivity index (χ1v) is 9.18. The van der Waals surface area contributed by atoms with Crippen LogP contribution >= 0.6 is 0 Å². The average Bonchev–Trinajstić information content (AvgIpc) is 2.86. The van der Waals surface area contributed by atoms with Crippen LogP contribution in [0.3, 0.4) is 0 Å². The van der Waals surface area contributed by atoms with Gasteiger partial charge in [-0.05, 0) is 68.4 Å². The van der Waals surface area contributed by atoms with Gasteiger partial charge < -0.3 is 10.9 Å². The van der Waals surface area contributed by atoms with E-state index in [0.717, 1.165) is 40.8 Å². The van der Waals surface area contributed by atoms with E-state index in [2.05, 4.69) is 34.1 Å². The molecule has 4 heteroatoms. The van der Waals surface area contributed by atoms with E-state index in [-0.39, 0.29) is 0 Å². The molecular weight excluding hydrogens is 322 g/mol. The van der Waals surface area contributed by atoms with Gasteiger partial charge in [-0.2, -0.15) is 0 Å². The van der Waals surface area contributed by atoms with E-state index in [0.29, 0.717) is 5.92 Å². The van der Waals surface area contributed by atoms with Gasteiger partial charge in [-0.15, -0.1) is 0 Å². The van der Waals surface area contributed by atoms with Gasteiger partial charge >= 0.3 is 0 Å². The summed E-state index contributed by atoms with van der Waals surface area (Å²) in [6, 6.07) is 0. The van der Waals surface area contributed by atoms with Gasteiger partial charge in [-0.1, -0.05) is 30.7 Å². The molecule has 0 atom stereocenters. The van der Waals surface area contributed by atoms with Crippen LogP contribution in [0.2, 0.25) is 0 Å². The zero-order chi connectivity index (χ0) is 18.8. The maximum Gasteiger partial charge on any atom is 0.149 e. The summed E-state index contributed by atoms with van der Waals surface area (Å²) in [4.78, 5) is 15.6. The molecule has 0 heterocycles. The van der Waals surface area contributed by atoms with E-state index in [9.17, 15) is 4.79 Å². The number of hydrogen-bond acceptors (Lipinski definition) is 4. The van der Waals surface area contributed by atoms with E-state index in [1.165, 1.54) is 19.3 Å². The van der Waals surface area contributed by atoms with Crippen molar-refractivity contribution in [2.75, 3.05) is 7.05 Å². The van der Waals surface area contributed by atoms with Crippen LogP contribution in [-0.4, -0.2) is 19.5 Å². The minimum atomic E-state index is 0.545. The third-order valence-corrected chi connectivity index (χ3v) is 4.52. The number of nitrogens with zero attached hydrogens (tertiary/aromatic N) is 1. The molecule has 1 saturated carbocycles. The van der Waals surface area contributed by atoms with Gasteiger partial charge in [0.05, 0.1) is 11.4 Å². The molecule has 0 bridgehead atoms. The van der Waals surface area contributed by atoms with Crippen LogP contribution in [0.5, 0.6) is 0 Å². The first kappa shape index (κ1) is 19.7. The summed E-state index contributed by atoms with van der Waals surface area (Å²) < 4.78 is 0. The van der Waals surface area contributed by atoms with E-state index in [4.69, 9.17) is 0 Å². The lowest BCUT2D eigenvalue weighted by Gasteiger charge is -2.22. The number of aldehydes is 1. The van der Waals surface area contributed by atoms with Crippen molar-refractivity contribution in [1.29, 1.82) is 0 Å². The molecule has 4 nitrogen and oxygen atoms in total. The zero-order valence-corrected chi connectivity index (χ0v) is 16.0. The van der Waals surface area contributed by atoms with Gasteiger partial charge in [0.15, 0.2) is 0 Å². The number of carbonyl (C=O) groups excluding carboxylic acids is 1. The molecule has 2 N–H and O–H groups in total. The van der Waals surface area contributed by atoms with Crippen LogP contribution in [0.15, 0.2) is 75.6 Å². The Kier molecular flexibility index (Phi) is 7.87. The highest BCUT2D eigenvalue weighted by Gasteiger charge is 2.15. The molecule has 0 aromatic rings. The molecule has 2 aliphatic carbocycles. The monoisotopic (exact) mass is 351 g/mol. The Morgan fingerprint density at radius 1 is 1.27 bits per heavy atom. The maximum absolute atomic E-state index is 11.5.